The molecule has 6 nitrogen and oxygen atoms in total. The average Bonchev–Trinajstić information content (AvgIpc) is 2.67. The summed E-state index contributed by atoms with van der Waals surface area (Å²) in [6, 6.07) is 15.9. The van der Waals surface area contributed by atoms with Gasteiger partial charge in [0.25, 0.3) is 11.6 Å². The van der Waals surface area contributed by atoms with E-state index in [0.29, 0.717) is 25.3 Å². The van der Waals surface area contributed by atoms with Gasteiger partial charge in [-0.2, -0.15) is 0 Å². The summed E-state index contributed by atoms with van der Waals surface area (Å²) in [4.78, 5) is 22.8. The molecular weight excluding hydrogens is 320 g/mol. The highest BCUT2D eigenvalue weighted by atomic mass is 16.6. The first kappa shape index (κ1) is 17.1. The number of nitro benzene ring substituents is 1. The van der Waals surface area contributed by atoms with E-state index in [-0.39, 0.29) is 17.0 Å². The maximum atomic E-state index is 12.5. The van der Waals surface area contributed by atoms with Crippen LogP contribution in [0.15, 0.2) is 54.6 Å². The van der Waals surface area contributed by atoms with E-state index in [1.807, 2.05) is 18.2 Å². The van der Waals surface area contributed by atoms with Crippen molar-refractivity contribution >= 4 is 11.6 Å². The Morgan fingerprint density at radius 1 is 1.12 bits per heavy atom. The van der Waals surface area contributed by atoms with Crippen LogP contribution in [0, 0.1) is 10.1 Å². The van der Waals surface area contributed by atoms with Crippen molar-refractivity contribution in [2.75, 3.05) is 19.8 Å². The van der Waals surface area contributed by atoms with Crippen LogP contribution in [-0.2, 0) is 10.2 Å². The van der Waals surface area contributed by atoms with Crippen molar-refractivity contribution in [3.05, 3.63) is 75.8 Å². The van der Waals surface area contributed by atoms with E-state index < -0.39 is 4.92 Å². The van der Waals surface area contributed by atoms with Gasteiger partial charge in [0.1, 0.15) is 0 Å². The van der Waals surface area contributed by atoms with Crippen LogP contribution in [0.25, 0.3) is 0 Å². The van der Waals surface area contributed by atoms with Gasteiger partial charge in [-0.25, -0.2) is 0 Å². The van der Waals surface area contributed by atoms with Gasteiger partial charge in [-0.1, -0.05) is 36.4 Å². The number of carbonyl (C=O) groups excluding carboxylic acids is 1. The third-order valence-electron chi connectivity index (χ3n) is 4.74. The molecule has 2 aromatic carbocycles. The second-order valence-corrected chi connectivity index (χ2v) is 6.25. The van der Waals surface area contributed by atoms with Gasteiger partial charge in [0.2, 0.25) is 0 Å². The minimum Gasteiger partial charge on any atom is -0.381 e. The molecule has 0 saturated carbocycles. The second-order valence-electron chi connectivity index (χ2n) is 6.25. The first-order chi connectivity index (χ1) is 12.1. The number of hydrogen-bond donors (Lipinski definition) is 1. The molecule has 1 fully saturated rings. The van der Waals surface area contributed by atoms with Gasteiger partial charge in [0.05, 0.1) is 4.92 Å². The number of non-ortho nitro benzene ring substituents is 1. The van der Waals surface area contributed by atoms with Crippen LogP contribution in [0.2, 0.25) is 0 Å². The van der Waals surface area contributed by atoms with Gasteiger partial charge in [-0.05, 0) is 24.5 Å². The number of amides is 1. The van der Waals surface area contributed by atoms with E-state index in [1.165, 1.54) is 23.8 Å². The zero-order valence-electron chi connectivity index (χ0n) is 13.8. The van der Waals surface area contributed by atoms with Gasteiger partial charge in [0, 0.05) is 42.9 Å². The lowest BCUT2D eigenvalue weighted by molar-refractivity contribution is -0.384. The Bertz CT molecular complexity index is 755. The maximum Gasteiger partial charge on any atom is 0.270 e. The molecule has 6 heteroatoms. The zero-order valence-corrected chi connectivity index (χ0v) is 13.8. The molecule has 0 radical (unpaired) electrons. The fourth-order valence-corrected chi connectivity index (χ4v) is 3.23. The van der Waals surface area contributed by atoms with Crippen molar-refractivity contribution in [3.8, 4) is 0 Å². The van der Waals surface area contributed by atoms with Gasteiger partial charge in [0.15, 0.2) is 0 Å². The van der Waals surface area contributed by atoms with Gasteiger partial charge in [-0.3, -0.25) is 14.9 Å². The van der Waals surface area contributed by atoms with Gasteiger partial charge in [-0.15, -0.1) is 0 Å². The molecule has 2 aromatic rings. The van der Waals surface area contributed by atoms with E-state index in [4.69, 9.17) is 4.74 Å². The van der Waals surface area contributed by atoms with Crippen LogP contribution in [-0.4, -0.2) is 30.6 Å². The van der Waals surface area contributed by atoms with Crippen LogP contribution in [0.3, 0.4) is 0 Å². The van der Waals surface area contributed by atoms with Crippen LogP contribution >= 0.6 is 0 Å². The molecule has 25 heavy (non-hydrogen) atoms. The Kier molecular flexibility index (Phi) is 5.09. The highest BCUT2D eigenvalue weighted by molar-refractivity contribution is 5.94. The largest absolute Gasteiger partial charge is 0.381 e. The fraction of sp³-hybridized carbons (Fsp3) is 0.316. The molecule has 1 saturated heterocycles. The van der Waals surface area contributed by atoms with Crippen molar-refractivity contribution in [3.63, 3.8) is 0 Å². The Morgan fingerprint density at radius 3 is 2.52 bits per heavy atom. The maximum absolute atomic E-state index is 12.5. The fourth-order valence-electron chi connectivity index (χ4n) is 3.23. The van der Waals surface area contributed by atoms with Crippen molar-refractivity contribution in [2.45, 2.75) is 18.3 Å². The van der Waals surface area contributed by atoms with Crippen molar-refractivity contribution in [1.29, 1.82) is 0 Å². The Hall–Kier alpha value is -2.73. The molecule has 1 aliphatic heterocycles. The second kappa shape index (κ2) is 7.44. The van der Waals surface area contributed by atoms with Crippen LogP contribution in [0.5, 0.6) is 0 Å². The molecular formula is C19H20N2O4. The number of nitrogens with one attached hydrogen (secondary N) is 1. The summed E-state index contributed by atoms with van der Waals surface area (Å²) in [6.45, 7) is 1.78. The number of hydrogen-bond acceptors (Lipinski definition) is 4. The standard InChI is InChI=1S/C19H20N2O4/c22-18(15-5-4-8-17(13-15)21(23)24)20-14-19(9-11-25-12-10-19)16-6-2-1-3-7-16/h1-8,13H,9-12,14H2,(H,20,22). The summed E-state index contributed by atoms with van der Waals surface area (Å²) in [5.41, 5.74) is 1.22. The highest BCUT2D eigenvalue weighted by Gasteiger charge is 2.34. The smallest absolute Gasteiger partial charge is 0.270 e. The molecule has 3 rings (SSSR count). The third-order valence-corrected chi connectivity index (χ3v) is 4.74. The van der Waals surface area contributed by atoms with E-state index in [0.717, 1.165) is 12.8 Å². The zero-order chi connectivity index (χ0) is 17.7. The van der Waals surface area contributed by atoms with Gasteiger partial charge >= 0.3 is 0 Å². The number of benzene rings is 2. The predicted octanol–water partition coefficient (Wildman–Crippen LogP) is 3.07. The van der Waals surface area contributed by atoms with E-state index in [2.05, 4.69) is 17.4 Å². The monoisotopic (exact) mass is 340 g/mol. The molecule has 1 heterocycles. The Morgan fingerprint density at radius 2 is 1.84 bits per heavy atom. The average molecular weight is 340 g/mol. The van der Waals surface area contributed by atoms with Crippen LogP contribution in [0.4, 0.5) is 5.69 Å². The van der Waals surface area contributed by atoms with E-state index in [1.54, 1.807) is 6.07 Å². The molecule has 0 aliphatic carbocycles. The molecule has 0 unspecified atom stereocenters. The Labute approximate surface area is 146 Å². The third kappa shape index (κ3) is 3.85. The molecule has 1 aliphatic rings. The molecule has 130 valence electrons. The van der Waals surface area contributed by atoms with E-state index >= 15 is 0 Å². The summed E-state index contributed by atoms with van der Waals surface area (Å²) >= 11 is 0. The SMILES string of the molecule is O=C(NCC1(c2ccccc2)CCOCC1)c1cccc([N+](=O)[O-])c1. The summed E-state index contributed by atoms with van der Waals surface area (Å²) in [5, 5.41) is 13.8. The minimum atomic E-state index is -0.499. The summed E-state index contributed by atoms with van der Waals surface area (Å²) in [5.74, 6) is -0.300. The lowest BCUT2D eigenvalue weighted by Crippen LogP contribution is -2.44. The molecule has 0 spiro atoms. The molecule has 0 aromatic heterocycles. The summed E-state index contributed by atoms with van der Waals surface area (Å²) in [6.07, 6.45) is 1.65. The normalized spacial score (nSPS) is 16.2. The number of carbonyl (C=O) groups is 1. The topological polar surface area (TPSA) is 81.5 Å². The lowest BCUT2D eigenvalue weighted by Gasteiger charge is -2.38. The molecule has 0 atom stereocenters. The first-order valence-electron chi connectivity index (χ1n) is 8.27. The quantitative estimate of drug-likeness (QED) is 0.670. The van der Waals surface area contributed by atoms with E-state index in [9.17, 15) is 14.9 Å². The summed E-state index contributed by atoms with van der Waals surface area (Å²) < 4.78 is 5.49. The van der Waals surface area contributed by atoms with Crippen molar-refractivity contribution in [1.82, 2.24) is 5.32 Å². The Balaban J connectivity index is 1.76. The van der Waals surface area contributed by atoms with Gasteiger partial charge < -0.3 is 10.1 Å². The predicted molar refractivity (Wildman–Crippen MR) is 93.6 cm³/mol. The first-order valence-corrected chi connectivity index (χ1v) is 8.27. The van der Waals surface area contributed by atoms with Crippen LogP contribution in [0.1, 0.15) is 28.8 Å². The van der Waals surface area contributed by atoms with Crippen molar-refractivity contribution in [2.24, 2.45) is 0 Å². The number of nitrogens with zero attached hydrogens (tertiary/aromatic N) is 1. The molecule has 0 bridgehead atoms. The molecule has 1 amide bonds. The lowest BCUT2D eigenvalue weighted by atomic mass is 9.74. The number of ether oxygens (including phenoxy) is 1. The van der Waals surface area contributed by atoms with Crippen LogP contribution < -0.4 is 5.32 Å². The summed E-state index contributed by atoms with van der Waals surface area (Å²) in [7, 11) is 0. The highest BCUT2D eigenvalue weighted by Crippen LogP contribution is 2.34. The minimum absolute atomic E-state index is 0.0866. The molecule has 1 N–H and O–H groups in total. The van der Waals surface area contributed by atoms with Crippen molar-refractivity contribution < 1.29 is 14.5 Å². The number of rotatable bonds is 5. The number of nitro groups is 1.